The van der Waals surface area contributed by atoms with Crippen molar-refractivity contribution in [1.82, 2.24) is 9.62 Å². The van der Waals surface area contributed by atoms with Gasteiger partial charge in [-0.1, -0.05) is 6.42 Å². The van der Waals surface area contributed by atoms with Crippen molar-refractivity contribution < 1.29 is 12.8 Å². The van der Waals surface area contributed by atoms with E-state index in [1.807, 2.05) is 0 Å². The molecule has 7 heteroatoms. The third-order valence-corrected chi connectivity index (χ3v) is 5.91. The zero-order valence-corrected chi connectivity index (χ0v) is 12.6. The van der Waals surface area contributed by atoms with E-state index in [2.05, 4.69) is 9.62 Å². The van der Waals surface area contributed by atoms with Crippen LogP contribution in [-0.2, 0) is 10.0 Å². The Hall–Kier alpha value is -1.18. The van der Waals surface area contributed by atoms with Gasteiger partial charge in [0.25, 0.3) is 0 Å². The summed E-state index contributed by atoms with van der Waals surface area (Å²) >= 11 is 0. The number of rotatable bonds is 3. The van der Waals surface area contributed by atoms with E-state index in [1.165, 1.54) is 18.6 Å². The standard InChI is InChI=1S/C14H20FN3O2S/c15-11-5-4-10(16)9-14(11)21(19,20)17-12-6-8-18-7-2-1-3-13(12)18/h4-5,9,12-13,17H,1-3,6-8,16H2. The molecule has 1 aromatic rings. The van der Waals surface area contributed by atoms with E-state index < -0.39 is 15.8 Å². The van der Waals surface area contributed by atoms with Gasteiger partial charge >= 0.3 is 0 Å². The number of nitrogens with zero attached hydrogens (tertiary/aromatic N) is 1. The number of benzene rings is 1. The molecule has 0 bridgehead atoms. The van der Waals surface area contributed by atoms with Crippen molar-refractivity contribution in [1.29, 1.82) is 0 Å². The lowest BCUT2D eigenvalue weighted by molar-refractivity contribution is 0.186. The Bertz CT molecular complexity index is 635. The van der Waals surface area contributed by atoms with Crippen LogP contribution in [0.1, 0.15) is 25.7 Å². The monoisotopic (exact) mass is 313 g/mol. The SMILES string of the molecule is Nc1ccc(F)c(S(=O)(=O)NC2CCN3CCCCC23)c1. The quantitative estimate of drug-likeness (QED) is 0.825. The van der Waals surface area contributed by atoms with Gasteiger partial charge in [0.05, 0.1) is 0 Å². The van der Waals surface area contributed by atoms with Gasteiger partial charge in [-0.15, -0.1) is 0 Å². The highest BCUT2D eigenvalue weighted by Crippen LogP contribution is 2.28. The summed E-state index contributed by atoms with van der Waals surface area (Å²) in [6.45, 7) is 1.92. The number of hydrogen-bond acceptors (Lipinski definition) is 4. The molecule has 2 saturated heterocycles. The summed E-state index contributed by atoms with van der Waals surface area (Å²) in [5.74, 6) is -0.768. The maximum Gasteiger partial charge on any atom is 0.243 e. The van der Waals surface area contributed by atoms with Gasteiger partial charge in [-0.25, -0.2) is 17.5 Å². The lowest BCUT2D eigenvalue weighted by Crippen LogP contribution is -2.46. The zero-order valence-electron chi connectivity index (χ0n) is 11.8. The second kappa shape index (κ2) is 5.55. The third kappa shape index (κ3) is 2.90. The molecular weight excluding hydrogens is 293 g/mol. The Morgan fingerprint density at radius 2 is 2.05 bits per heavy atom. The van der Waals surface area contributed by atoms with Crippen molar-refractivity contribution in [3.05, 3.63) is 24.0 Å². The Labute approximate surface area is 124 Å². The number of sulfonamides is 1. The van der Waals surface area contributed by atoms with Crippen LogP contribution in [0.2, 0.25) is 0 Å². The molecule has 0 aromatic heterocycles. The number of hydrogen-bond donors (Lipinski definition) is 2. The van der Waals surface area contributed by atoms with Gasteiger partial charge < -0.3 is 5.73 Å². The maximum absolute atomic E-state index is 13.8. The lowest BCUT2D eigenvalue weighted by Gasteiger charge is -2.32. The van der Waals surface area contributed by atoms with E-state index in [9.17, 15) is 12.8 Å². The minimum Gasteiger partial charge on any atom is -0.399 e. The number of halogens is 1. The average molecular weight is 313 g/mol. The van der Waals surface area contributed by atoms with Crippen LogP contribution in [0.15, 0.2) is 23.1 Å². The van der Waals surface area contributed by atoms with Gasteiger partial charge in [-0.3, -0.25) is 4.90 Å². The Morgan fingerprint density at radius 1 is 1.24 bits per heavy atom. The van der Waals surface area contributed by atoms with Crippen LogP contribution in [-0.4, -0.2) is 38.5 Å². The average Bonchev–Trinajstić information content (AvgIpc) is 2.84. The van der Waals surface area contributed by atoms with Gasteiger partial charge in [-0.05, 0) is 44.0 Å². The van der Waals surface area contributed by atoms with Crippen LogP contribution in [0.4, 0.5) is 10.1 Å². The van der Waals surface area contributed by atoms with E-state index in [1.54, 1.807) is 0 Å². The first-order chi connectivity index (χ1) is 9.97. The molecule has 2 fully saturated rings. The molecule has 2 unspecified atom stereocenters. The van der Waals surface area contributed by atoms with Crippen molar-refractivity contribution in [3.8, 4) is 0 Å². The van der Waals surface area contributed by atoms with Crippen LogP contribution in [0.5, 0.6) is 0 Å². The predicted molar refractivity (Wildman–Crippen MR) is 78.8 cm³/mol. The van der Waals surface area contributed by atoms with Crippen molar-refractivity contribution in [2.24, 2.45) is 0 Å². The Morgan fingerprint density at radius 3 is 2.86 bits per heavy atom. The van der Waals surface area contributed by atoms with Crippen molar-refractivity contribution in [3.63, 3.8) is 0 Å². The van der Waals surface area contributed by atoms with Crippen LogP contribution in [0.3, 0.4) is 0 Å². The zero-order chi connectivity index (χ0) is 15.0. The lowest BCUT2D eigenvalue weighted by atomic mass is 10.00. The first-order valence-electron chi connectivity index (χ1n) is 7.29. The molecular formula is C14H20FN3O2S. The van der Waals surface area contributed by atoms with E-state index >= 15 is 0 Å². The maximum atomic E-state index is 13.8. The molecule has 21 heavy (non-hydrogen) atoms. The van der Waals surface area contributed by atoms with Gasteiger partial charge in [-0.2, -0.15) is 0 Å². The Balaban J connectivity index is 1.81. The summed E-state index contributed by atoms with van der Waals surface area (Å²) in [6.07, 6.45) is 4.05. The van der Waals surface area contributed by atoms with E-state index in [-0.39, 0.29) is 22.7 Å². The van der Waals surface area contributed by atoms with Gasteiger partial charge in [0.2, 0.25) is 10.0 Å². The summed E-state index contributed by atoms with van der Waals surface area (Å²) in [4.78, 5) is 1.96. The van der Waals surface area contributed by atoms with E-state index in [4.69, 9.17) is 5.73 Å². The molecule has 0 aliphatic carbocycles. The molecule has 2 aliphatic heterocycles. The number of nitrogen functional groups attached to an aromatic ring is 1. The highest BCUT2D eigenvalue weighted by atomic mass is 32.2. The predicted octanol–water partition coefficient (Wildman–Crippen LogP) is 1.31. The van der Waals surface area contributed by atoms with Crippen molar-refractivity contribution >= 4 is 15.7 Å². The number of fused-ring (bicyclic) bond motifs is 1. The van der Waals surface area contributed by atoms with E-state index in [0.717, 1.165) is 38.4 Å². The first-order valence-corrected chi connectivity index (χ1v) is 8.77. The minimum atomic E-state index is -3.88. The molecule has 1 aromatic carbocycles. The molecule has 0 amide bonds. The smallest absolute Gasteiger partial charge is 0.243 e. The fraction of sp³-hybridized carbons (Fsp3) is 0.571. The summed E-state index contributed by atoms with van der Waals surface area (Å²) in [7, 11) is -3.88. The fourth-order valence-electron chi connectivity index (χ4n) is 3.37. The van der Waals surface area contributed by atoms with Crippen molar-refractivity contribution in [2.75, 3.05) is 18.8 Å². The summed E-state index contributed by atoms with van der Waals surface area (Å²) in [5.41, 5.74) is 5.81. The molecule has 3 rings (SSSR count). The van der Waals surface area contributed by atoms with Crippen LogP contribution < -0.4 is 10.5 Å². The largest absolute Gasteiger partial charge is 0.399 e. The number of nitrogens with two attached hydrogens (primary N) is 1. The second-order valence-corrected chi connectivity index (χ2v) is 7.49. The third-order valence-electron chi connectivity index (χ3n) is 4.41. The molecule has 116 valence electrons. The fourth-order valence-corrected chi connectivity index (χ4v) is 4.79. The van der Waals surface area contributed by atoms with Gasteiger partial charge in [0.15, 0.2) is 0 Å². The first kappa shape index (κ1) is 14.7. The van der Waals surface area contributed by atoms with E-state index in [0.29, 0.717) is 0 Å². The minimum absolute atomic E-state index is 0.142. The molecule has 5 nitrogen and oxygen atoms in total. The number of piperidine rings is 1. The molecule has 2 heterocycles. The molecule has 0 saturated carbocycles. The second-order valence-electron chi connectivity index (χ2n) is 5.81. The number of anilines is 1. The van der Waals surface area contributed by atoms with Crippen LogP contribution in [0, 0.1) is 5.82 Å². The molecule has 3 N–H and O–H groups in total. The molecule has 2 atom stereocenters. The molecule has 2 aliphatic rings. The summed E-state index contributed by atoms with van der Waals surface area (Å²) in [6, 6.07) is 3.71. The topological polar surface area (TPSA) is 75.4 Å². The van der Waals surface area contributed by atoms with Gasteiger partial charge in [0.1, 0.15) is 10.7 Å². The normalized spacial score (nSPS) is 26.7. The van der Waals surface area contributed by atoms with Gasteiger partial charge in [0, 0.05) is 24.3 Å². The summed E-state index contributed by atoms with van der Waals surface area (Å²) < 4.78 is 41.3. The van der Waals surface area contributed by atoms with Crippen LogP contribution in [0.25, 0.3) is 0 Å². The van der Waals surface area contributed by atoms with Crippen molar-refractivity contribution in [2.45, 2.75) is 42.7 Å². The number of nitrogens with one attached hydrogen (secondary N) is 1. The highest BCUT2D eigenvalue weighted by Gasteiger charge is 2.38. The molecule has 0 radical (unpaired) electrons. The summed E-state index contributed by atoms with van der Waals surface area (Å²) in [5, 5.41) is 0. The highest BCUT2D eigenvalue weighted by molar-refractivity contribution is 7.89. The van der Waals surface area contributed by atoms with Crippen LogP contribution >= 0.6 is 0 Å². The Kier molecular flexibility index (Phi) is 3.90. The molecule has 0 spiro atoms.